The molecule has 2 N–H and O–H groups in total. The van der Waals surface area contributed by atoms with Crippen LogP contribution in [-0.4, -0.2) is 43.4 Å². The van der Waals surface area contributed by atoms with E-state index in [1.165, 1.54) is 11.7 Å². The predicted octanol–water partition coefficient (Wildman–Crippen LogP) is 3.37. The van der Waals surface area contributed by atoms with E-state index in [-0.39, 0.29) is 11.5 Å². The van der Waals surface area contributed by atoms with E-state index in [4.69, 9.17) is 26.4 Å². The minimum absolute atomic E-state index is 0.203. The number of methoxy groups -OCH3 is 3. The van der Waals surface area contributed by atoms with Crippen LogP contribution < -0.4 is 20.3 Å². The van der Waals surface area contributed by atoms with Gasteiger partial charge in [0, 0.05) is 31.9 Å². The van der Waals surface area contributed by atoms with Crippen LogP contribution in [0, 0.1) is 4.77 Å². The van der Waals surface area contributed by atoms with E-state index < -0.39 is 0 Å². The molecule has 0 atom stereocenters. The van der Waals surface area contributed by atoms with Crippen molar-refractivity contribution in [2.45, 2.75) is 13.0 Å². The minimum atomic E-state index is -0.355. The topological polar surface area (TPSA) is 94.6 Å². The summed E-state index contributed by atoms with van der Waals surface area (Å²) in [5, 5.41) is 3.27. The quantitative estimate of drug-likeness (QED) is 0.421. The maximum atomic E-state index is 12.8. The molecule has 1 amide bonds. The van der Waals surface area contributed by atoms with Gasteiger partial charge in [-0.15, -0.1) is 0 Å². The molecule has 0 aliphatic carbocycles. The largest absolute Gasteiger partial charge is 0.497 e. The summed E-state index contributed by atoms with van der Waals surface area (Å²) in [4.78, 5) is 28.6. The van der Waals surface area contributed by atoms with Gasteiger partial charge in [0.25, 0.3) is 11.5 Å². The first kappa shape index (κ1) is 21.5. The van der Waals surface area contributed by atoms with Crippen LogP contribution in [-0.2, 0) is 11.3 Å². The molecule has 30 heavy (non-hydrogen) atoms. The Bertz CT molecular complexity index is 1190. The molecule has 0 aliphatic rings. The minimum Gasteiger partial charge on any atom is -0.497 e. The number of ether oxygens (including phenoxy) is 3. The Kier molecular flexibility index (Phi) is 6.86. The molecule has 0 saturated heterocycles. The van der Waals surface area contributed by atoms with Gasteiger partial charge in [-0.1, -0.05) is 0 Å². The summed E-state index contributed by atoms with van der Waals surface area (Å²) in [5.74, 6) is 0.734. The third-order valence-corrected chi connectivity index (χ3v) is 4.95. The molecule has 158 valence electrons. The molecule has 0 radical (unpaired) electrons. The first-order valence-electron chi connectivity index (χ1n) is 9.27. The van der Waals surface area contributed by atoms with Crippen LogP contribution in [0.25, 0.3) is 10.9 Å². The Morgan fingerprint density at radius 1 is 1.13 bits per heavy atom. The van der Waals surface area contributed by atoms with Gasteiger partial charge in [0.15, 0.2) is 4.77 Å². The van der Waals surface area contributed by atoms with Crippen molar-refractivity contribution in [1.82, 2.24) is 9.55 Å². The molecule has 2 aromatic carbocycles. The fourth-order valence-corrected chi connectivity index (χ4v) is 3.36. The summed E-state index contributed by atoms with van der Waals surface area (Å²) in [6.45, 7) is 0.988. The van der Waals surface area contributed by atoms with Crippen molar-refractivity contribution in [2.24, 2.45) is 0 Å². The summed E-state index contributed by atoms with van der Waals surface area (Å²) < 4.78 is 17.3. The van der Waals surface area contributed by atoms with Crippen molar-refractivity contribution >= 4 is 34.7 Å². The van der Waals surface area contributed by atoms with Gasteiger partial charge in [0.2, 0.25) is 0 Å². The van der Waals surface area contributed by atoms with E-state index in [0.717, 1.165) is 0 Å². The lowest BCUT2D eigenvalue weighted by molar-refractivity contribution is 0.102. The van der Waals surface area contributed by atoms with Crippen LogP contribution >= 0.6 is 12.2 Å². The fraction of sp³-hybridized carbons (Fsp3) is 0.286. The molecule has 0 fully saturated rings. The number of carbonyl (C=O) groups excluding carboxylic acids is 1. The van der Waals surface area contributed by atoms with Crippen molar-refractivity contribution < 1.29 is 19.0 Å². The molecule has 3 rings (SSSR count). The average molecular weight is 429 g/mol. The smallest absolute Gasteiger partial charge is 0.262 e. The van der Waals surface area contributed by atoms with Crippen LogP contribution in [0.5, 0.6) is 11.5 Å². The van der Waals surface area contributed by atoms with Gasteiger partial charge in [-0.3, -0.25) is 14.2 Å². The zero-order valence-corrected chi connectivity index (χ0v) is 17.8. The van der Waals surface area contributed by atoms with E-state index in [2.05, 4.69) is 10.3 Å². The van der Waals surface area contributed by atoms with E-state index >= 15 is 0 Å². The Morgan fingerprint density at radius 3 is 2.63 bits per heavy atom. The maximum Gasteiger partial charge on any atom is 0.262 e. The number of aromatic amines is 1. The number of rotatable bonds is 8. The zero-order valence-electron chi connectivity index (χ0n) is 17.0. The second-order valence-electron chi connectivity index (χ2n) is 6.51. The fourth-order valence-electron chi connectivity index (χ4n) is 3.07. The van der Waals surface area contributed by atoms with Gasteiger partial charge in [0.1, 0.15) is 11.5 Å². The maximum absolute atomic E-state index is 12.8. The van der Waals surface area contributed by atoms with Crippen LogP contribution in [0.4, 0.5) is 5.69 Å². The highest BCUT2D eigenvalue weighted by Crippen LogP contribution is 2.29. The number of carbonyl (C=O) groups is 1. The van der Waals surface area contributed by atoms with E-state index in [1.807, 2.05) is 0 Å². The normalized spacial score (nSPS) is 10.8. The van der Waals surface area contributed by atoms with Crippen LogP contribution in [0.3, 0.4) is 0 Å². The summed E-state index contributed by atoms with van der Waals surface area (Å²) in [5.41, 5.74) is 1.14. The van der Waals surface area contributed by atoms with Crippen molar-refractivity contribution in [1.29, 1.82) is 0 Å². The first-order chi connectivity index (χ1) is 14.5. The van der Waals surface area contributed by atoms with E-state index in [0.29, 0.717) is 58.0 Å². The number of amides is 1. The summed E-state index contributed by atoms with van der Waals surface area (Å²) in [7, 11) is 4.67. The van der Waals surface area contributed by atoms with Gasteiger partial charge >= 0.3 is 0 Å². The third-order valence-electron chi connectivity index (χ3n) is 4.63. The van der Waals surface area contributed by atoms with Crippen LogP contribution in [0.2, 0.25) is 0 Å². The number of nitrogens with zero attached hydrogens (tertiary/aromatic N) is 1. The Balaban J connectivity index is 1.92. The van der Waals surface area contributed by atoms with Crippen molar-refractivity contribution in [3.63, 3.8) is 0 Å². The molecule has 1 heterocycles. The highest BCUT2D eigenvalue weighted by molar-refractivity contribution is 7.71. The number of aromatic nitrogens is 2. The highest BCUT2D eigenvalue weighted by Gasteiger charge is 2.13. The second kappa shape index (κ2) is 9.55. The monoisotopic (exact) mass is 429 g/mol. The molecule has 1 aromatic heterocycles. The molecule has 8 nitrogen and oxygen atoms in total. The molecular formula is C21H23N3O5S. The second-order valence-corrected chi connectivity index (χ2v) is 6.90. The van der Waals surface area contributed by atoms with Crippen molar-refractivity contribution in [2.75, 3.05) is 33.3 Å². The van der Waals surface area contributed by atoms with Gasteiger partial charge in [0.05, 0.1) is 30.8 Å². The Morgan fingerprint density at radius 2 is 1.93 bits per heavy atom. The Hall–Kier alpha value is -3.17. The molecular weight excluding hydrogens is 406 g/mol. The molecule has 3 aromatic rings. The van der Waals surface area contributed by atoms with Gasteiger partial charge in [-0.25, -0.2) is 0 Å². The molecule has 0 aliphatic heterocycles. The lowest BCUT2D eigenvalue weighted by Crippen LogP contribution is -2.23. The number of hydrogen-bond acceptors (Lipinski definition) is 6. The molecule has 0 bridgehead atoms. The summed E-state index contributed by atoms with van der Waals surface area (Å²) in [6.07, 6.45) is 0.669. The van der Waals surface area contributed by atoms with Crippen LogP contribution in [0.1, 0.15) is 16.8 Å². The lowest BCUT2D eigenvalue weighted by atomic mass is 10.1. The molecule has 0 spiro atoms. The summed E-state index contributed by atoms with van der Waals surface area (Å²) >= 11 is 5.33. The third kappa shape index (κ3) is 4.52. The van der Waals surface area contributed by atoms with Crippen molar-refractivity contribution in [3.05, 3.63) is 57.1 Å². The number of hydrogen-bond donors (Lipinski definition) is 2. The van der Waals surface area contributed by atoms with Gasteiger partial charge < -0.3 is 24.5 Å². The number of benzene rings is 2. The zero-order chi connectivity index (χ0) is 21.7. The molecule has 9 heteroatoms. The number of anilines is 1. The van der Waals surface area contributed by atoms with Crippen molar-refractivity contribution in [3.8, 4) is 11.5 Å². The number of fused-ring (bicyclic) bond motifs is 1. The van der Waals surface area contributed by atoms with Gasteiger partial charge in [-0.2, -0.15) is 0 Å². The SMILES string of the molecule is COCCCn1c(=S)[nH]c2cc(C(=O)Nc3cc(OC)ccc3OC)ccc2c1=O. The molecule has 0 saturated carbocycles. The van der Waals surface area contributed by atoms with Gasteiger partial charge in [-0.05, 0) is 49.0 Å². The number of H-pyrrole nitrogens is 1. The van der Waals surface area contributed by atoms with Crippen LogP contribution in [0.15, 0.2) is 41.2 Å². The highest BCUT2D eigenvalue weighted by atomic mass is 32.1. The first-order valence-corrected chi connectivity index (χ1v) is 9.68. The Labute approximate surface area is 178 Å². The van der Waals surface area contributed by atoms with E-state index in [9.17, 15) is 9.59 Å². The van der Waals surface area contributed by atoms with E-state index in [1.54, 1.807) is 50.6 Å². The number of nitrogens with one attached hydrogen (secondary N) is 2. The predicted molar refractivity (Wildman–Crippen MR) is 117 cm³/mol. The molecule has 0 unspecified atom stereocenters. The summed E-state index contributed by atoms with van der Waals surface area (Å²) in [6, 6.07) is 9.94. The average Bonchev–Trinajstić information content (AvgIpc) is 2.75. The standard InChI is InChI=1S/C21H23N3O5S/c1-27-10-4-9-24-20(26)15-7-5-13(11-16(15)23-21(24)30)19(25)22-17-12-14(28-2)6-8-18(17)29-3/h5-8,11-12H,4,9-10H2,1-3H3,(H,22,25)(H,23,30). The lowest BCUT2D eigenvalue weighted by Gasteiger charge is -2.12.